The highest BCUT2D eigenvalue weighted by Gasteiger charge is 2.19. The Hall–Kier alpha value is -5.68. The number of hydrogen-bond donors (Lipinski definition) is 1. The van der Waals surface area contributed by atoms with Crippen LogP contribution >= 0.6 is 0 Å². The maximum Gasteiger partial charge on any atom is 0.306 e. The standard InChI is InChI=1S/C28H34N4O14/c1-17-10-20(28(29-16-33)30-23-12-21(40-4)13-24(41-5)19(23)3)11-18(2)27(17)43-9-8-42-25(34)6-7-26(35)44-14-22(46-32(38)39)15-45-31(36)37/h10-13,16,22H,6-9,14-15H2,1-5H3,(H,29,30,33). The second kappa shape index (κ2) is 18.2. The van der Waals surface area contributed by atoms with Crippen molar-refractivity contribution in [3.63, 3.8) is 0 Å². The first-order chi connectivity index (χ1) is 21.9. The molecule has 0 heterocycles. The molecule has 18 nitrogen and oxygen atoms in total. The number of amidine groups is 1. The van der Waals surface area contributed by atoms with Gasteiger partial charge in [-0.15, -0.1) is 20.2 Å². The van der Waals surface area contributed by atoms with Crippen LogP contribution in [-0.4, -0.2) is 81.1 Å². The number of carbonyl (C=O) groups excluding carboxylic acids is 3. The van der Waals surface area contributed by atoms with Crippen LogP contribution in [0.2, 0.25) is 0 Å². The molecule has 0 aromatic heterocycles. The van der Waals surface area contributed by atoms with E-state index in [1.807, 2.05) is 6.92 Å². The maximum absolute atomic E-state index is 12.0. The van der Waals surface area contributed by atoms with E-state index in [1.165, 1.54) is 14.2 Å². The van der Waals surface area contributed by atoms with Crippen molar-refractivity contribution < 1.29 is 57.9 Å². The topological polar surface area (TPSA) is 226 Å². The Bertz CT molecular complexity index is 1420. The number of rotatable bonds is 19. The van der Waals surface area contributed by atoms with Crippen LogP contribution in [0.1, 0.15) is 35.1 Å². The number of ether oxygens (including phenoxy) is 5. The van der Waals surface area contributed by atoms with E-state index in [2.05, 4.69) is 20.0 Å². The quantitative estimate of drug-likeness (QED) is 0.0438. The average Bonchev–Trinajstić information content (AvgIpc) is 3.00. The molecule has 0 aliphatic rings. The van der Waals surface area contributed by atoms with Crippen molar-refractivity contribution in [1.82, 2.24) is 5.32 Å². The summed E-state index contributed by atoms with van der Waals surface area (Å²) in [5, 5.41) is 21.0. The van der Waals surface area contributed by atoms with Gasteiger partial charge in [-0.25, -0.2) is 4.99 Å². The van der Waals surface area contributed by atoms with Crippen LogP contribution in [-0.2, 0) is 33.5 Å². The first kappa shape index (κ1) is 36.5. The summed E-state index contributed by atoms with van der Waals surface area (Å²) in [6, 6.07) is 6.98. The van der Waals surface area contributed by atoms with Gasteiger partial charge in [0, 0.05) is 23.3 Å². The molecule has 1 unspecified atom stereocenters. The number of amides is 1. The van der Waals surface area contributed by atoms with Crippen molar-refractivity contribution in [2.75, 3.05) is 40.6 Å². The van der Waals surface area contributed by atoms with Crippen LogP contribution < -0.4 is 19.5 Å². The summed E-state index contributed by atoms with van der Waals surface area (Å²) in [5.74, 6) is 0.260. The van der Waals surface area contributed by atoms with E-state index in [0.717, 1.165) is 5.56 Å². The number of carbonyl (C=O) groups is 3. The summed E-state index contributed by atoms with van der Waals surface area (Å²) < 4.78 is 26.4. The maximum atomic E-state index is 12.0. The molecule has 2 rings (SSSR count). The summed E-state index contributed by atoms with van der Waals surface area (Å²) in [6.07, 6.45) is -1.79. The molecule has 0 radical (unpaired) electrons. The van der Waals surface area contributed by atoms with Crippen LogP contribution in [0.25, 0.3) is 0 Å². The second-order valence-electron chi connectivity index (χ2n) is 9.36. The van der Waals surface area contributed by atoms with Crippen molar-refractivity contribution >= 4 is 29.9 Å². The third kappa shape index (κ3) is 11.8. The summed E-state index contributed by atoms with van der Waals surface area (Å²) in [5.41, 5.74) is 3.31. The van der Waals surface area contributed by atoms with Crippen LogP contribution in [0.4, 0.5) is 5.69 Å². The lowest BCUT2D eigenvalue weighted by atomic mass is 10.0. The molecular formula is C28H34N4O14. The highest BCUT2D eigenvalue weighted by atomic mass is 17.0. The third-order valence-corrected chi connectivity index (χ3v) is 6.08. The van der Waals surface area contributed by atoms with Gasteiger partial charge < -0.3 is 38.7 Å². The molecule has 0 spiro atoms. The predicted octanol–water partition coefficient (Wildman–Crippen LogP) is 2.48. The molecule has 0 bridgehead atoms. The molecule has 1 atom stereocenters. The van der Waals surface area contributed by atoms with E-state index < -0.39 is 47.9 Å². The molecule has 1 amide bonds. The molecule has 0 fully saturated rings. The van der Waals surface area contributed by atoms with E-state index in [1.54, 1.807) is 38.1 Å². The monoisotopic (exact) mass is 650 g/mol. The second-order valence-corrected chi connectivity index (χ2v) is 9.36. The Morgan fingerprint density at radius 1 is 0.913 bits per heavy atom. The molecular weight excluding hydrogens is 616 g/mol. The lowest BCUT2D eigenvalue weighted by Gasteiger charge is -2.16. The van der Waals surface area contributed by atoms with Gasteiger partial charge in [0.15, 0.2) is 6.10 Å². The highest BCUT2D eigenvalue weighted by molar-refractivity contribution is 6.05. The van der Waals surface area contributed by atoms with Gasteiger partial charge in [-0.1, -0.05) is 0 Å². The number of benzene rings is 2. The van der Waals surface area contributed by atoms with Crippen molar-refractivity contribution in [3.8, 4) is 17.2 Å². The molecule has 1 N–H and O–H groups in total. The fourth-order valence-electron chi connectivity index (χ4n) is 3.97. The lowest BCUT2D eigenvalue weighted by Crippen LogP contribution is -2.30. The molecule has 0 saturated heterocycles. The average molecular weight is 651 g/mol. The van der Waals surface area contributed by atoms with E-state index in [9.17, 15) is 34.6 Å². The van der Waals surface area contributed by atoms with Gasteiger partial charge >= 0.3 is 11.9 Å². The van der Waals surface area contributed by atoms with Crippen LogP contribution in [0.5, 0.6) is 17.2 Å². The first-order valence-electron chi connectivity index (χ1n) is 13.5. The number of nitrogens with one attached hydrogen (secondary N) is 1. The van der Waals surface area contributed by atoms with Crippen molar-refractivity contribution in [2.45, 2.75) is 39.7 Å². The molecule has 0 aliphatic carbocycles. The van der Waals surface area contributed by atoms with Crippen molar-refractivity contribution in [2.24, 2.45) is 4.99 Å². The van der Waals surface area contributed by atoms with Crippen molar-refractivity contribution in [3.05, 3.63) is 66.7 Å². The molecule has 2 aromatic rings. The van der Waals surface area contributed by atoms with Gasteiger partial charge in [-0.2, -0.15) is 0 Å². The zero-order valence-corrected chi connectivity index (χ0v) is 25.8. The zero-order chi connectivity index (χ0) is 34.2. The summed E-state index contributed by atoms with van der Waals surface area (Å²) in [6.45, 7) is 3.73. The fourth-order valence-corrected chi connectivity index (χ4v) is 3.97. The summed E-state index contributed by atoms with van der Waals surface area (Å²) in [7, 11) is 3.05. The highest BCUT2D eigenvalue weighted by Crippen LogP contribution is 2.34. The van der Waals surface area contributed by atoms with E-state index in [4.69, 9.17) is 23.7 Å². The molecule has 18 heteroatoms. The Labute approximate surface area is 262 Å². The molecule has 2 aromatic carbocycles. The molecule has 46 heavy (non-hydrogen) atoms. The smallest absolute Gasteiger partial charge is 0.306 e. The number of aryl methyl sites for hydroxylation is 2. The van der Waals surface area contributed by atoms with Gasteiger partial charge in [0.1, 0.15) is 49.5 Å². The number of hydrogen-bond acceptors (Lipinski definition) is 15. The van der Waals surface area contributed by atoms with Gasteiger partial charge in [-0.3, -0.25) is 14.4 Å². The third-order valence-electron chi connectivity index (χ3n) is 6.08. The van der Waals surface area contributed by atoms with Gasteiger partial charge in [-0.05, 0) is 44.0 Å². The minimum Gasteiger partial charge on any atom is -0.497 e. The molecule has 250 valence electrons. The van der Waals surface area contributed by atoms with E-state index >= 15 is 0 Å². The molecule has 0 aliphatic heterocycles. The summed E-state index contributed by atoms with van der Waals surface area (Å²) in [4.78, 5) is 68.8. The normalized spacial score (nSPS) is 11.5. The molecule has 0 saturated carbocycles. The first-order valence-corrected chi connectivity index (χ1v) is 13.5. The minimum atomic E-state index is -1.53. The van der Waals surface area contributed by atoms with Crippen LogP contribution in [0, 0.1) is 41.0 Å². The number of esters is 2. The SMILES string of the molecule is COc1cc(/N=C(\NC=O)c2cc(C)c(OCCOC(=O)CCC(=O)OCC(CO[N+](=O)[O-])O[N+](=O)[O-])c(C)c2)c(C)c(OC)c1. The Morgan fingerprint density at radius 3 is 2.13 bits per heavy atom. The Morgan fingerprint density at radius 2 is 1.57 bits per heavy atom. The Balaban J connectivity index is 1.94. The lowest BCUT2D eigenvalue weighted by molar-refractivity contribution is -0.790. The number of nitrogens with zero attached hydrogens (tertiary/aromatic N) is 3. The number of aliphatic imine (C=N–C) groups is 1. The van der Waals surface area contributed by atoms with Gasteiger partial charge in [0.25, 0.3) is 10.2 Å². The summed E-state index contributed by atoms with van der Waals surface area (Å²) >= 11 is 0. The van der Waals surface area contributed by atoms with E-state index in [-0.39, 0.29) is 25.5 Å². The van der Waals surface area contributed by atoms with Crippen LogP contribution in [0.3, 0.4) is 0 Å². The number of methoxy groups -OCH3 is 2. The largest absolute Gasteiger partial charge is 0.497 e. The fraction of sp³-hybridized carbons (Fsp3) is 0.429. The predicted molar refractivity (Wildman–Crippen MR) is 157 cm³/mol. The van der Waals surface area contributed by atoms with Crippen LogP contribution in [0.15, 0.2) is 29.3 Å². The van der Waals surface area contributed by atoms with Gasteiger partial charge in [0.05, 0.1) is 32.7 Å². The van der Waals surface area contributed by atoms with Crippen molar-refractivity contribution in [1.29, 1.82) is 0 Å². The zero-order valence-electron chi connectivity index (χ0n) is 25.8. The Kier molecular flexibility index (Phi) is 14.4. The minimum absolute atomic E-state index is 0.0100. The van der Waals surface area contributed by atoms with Gasteiger partial charge in [0.2, 0.25) is 6.41 Å². The van der Waals surface area contributed by atoms with E-state index in [0.29, 0.717) is 46.0 Å².